The largest absolute Gasteiger partial charge is 0.496 e. The Kier molecular flexibility index (Phi) is 4.06. The fourth-order valence-electron chi connectivity index (χ4n) is 2.85. The van der Waals surface area contributed by atoms with Gasteiger partial charge in [-0.3, -0.25) is 0 Å². The quantitative estimate of drug-likeness (QED) is 0.860. The first-order valence-corrected chi connectivity index (χ1v) is 6.67. The number of methoxy groups -OCH3 is 1. The van der Waals surface area contributed by atoms with Gasteiger partial charge in [-0.05, 0) is 61.9 Å². The Balaban J connectivity index is 2.35. The second kappa shape index (κ2) is 5.54. The first-order chi connectivity index (χ1) is 8.27. The molecule has 0 aromatic heterocycles. The minimum Gasteiger partial charge on any atom is -0.496 e. The lowest BCUT2D eigenvalue weighted by Gasteiger charge is -2.29. The van der Waals surface area contributed by atoms with Crippen LogP contribution in [0.15, 0.2) is 12.1 Å². The molecule has 2 heteroatoms. The predicted octanol–water partition coefficient (Wildman–Crippen LogP) is 3.38. The Morgan fingerprint density at radius 1 is 1.41 bits per heavy atom. The third kappa shape index (κ3) is 2.47. The molecule has 1 aliphatic rings. The van der Waals surface area contributed by atoms with Gasteiger partial charge in [-0.2, -0.15) is 0 Å². The van der Waals surface area contributed by atoms with E-state index in [4.69, 9.17) is 4.74 Å². The van der Waals surface area contributed by atoms with Crippen molar-refractivity contribution < 1.29 is 4.74 Å². The van der Waals surface area contributed by atoms with Crippen molar-refractivity contribution in [2.45, 2.75) is 45.6 Å². The Labute approximate surface area is 104 Å². The molecule has 1 unspecified atom stereocenters. The lowest BCUT2D eigenvalue weighted by atomic mass is 9.84. The standard InChI is InChI=1S/C15H23NO/c1-4-10-16-13-7-5-6-12-14(17-3)9-8-11(2)15(12)13/h8-9,13,16H,4-7,10H2,1-3H3. The number of nitrogens with one attached hydrogen (secondary N) is 1. The fraction of sp³-hybridized carbons (Fsp3) is 0.600. The van der Waals surface area contributed by atoms with Crippen LogP contribution in [0.1, 0.15) is 48.9 Å². The molecule has 0 fully saturated rings. The van der Waals surface area contributed by atoms with Crippen LogP contribution in [0.2, 0.25) is 0 Å². The van der Waals surface area contributed by atoms with Gasteiger partial charge >= 0.3 is 0 Å². The van der Waals surface area contributed by atoms with Gasteiger partial charge in [0.2, 0.25) is 0 Å². The second-order valence-electron chi connectivity index (χ2n) is 4.88. The number of aryl methyl sites for hydroxylation is 1. The lowest BCUT2D eigenvalue weighted by molar-refractivity contribution is 0.395. The number of hydrogen-bond donors (Lipinski definition) is 1. The number of rotatable bonds is 4. The van der Waals surface area contributed by atoms with Crippen LogP contribution in [-0.2, 0) is 6.42 Å². The summed E-state index contributed by atoms with van der Waals surface area (Å²) in [5.74, 6) is 1.06. The topological polar surface area (TPSA) is 21.3 Å². The zero-order valence-electron chi connectivity index (χ0n) is 11.2. The Morgan fingerprint density at radius 3 is 2.94 bits per heavy atom. The van der Waals surface area contributed by atoms with E-state index in [-0.39, 0.29) is 0 Å². The van der Waals surface area contributed by atoms with E-state index in [1.165, 1.54) is 36.0 Å². The molecule has 0 radical (unpaired) electrons. The van der Waals surface area contributed by atoms with Gasteiger partial charge in [0, 0.05) is 6.04 Å². The van der Waals surface area contributed by atoms with Crippen LogP contribution in [0.4, 0.5) is 0 Å². The molecule has 2 nitrogen and oxygen atoms in total. The van der Waals surface area contributed by atoms with Gasteiger partial charge in [0.15, 0.2) is 0 Å². The summed E-state index contributed by atoms with van der Waals surface area (Å²) in [6.07, 6.45) is 4.86. The van der Waals surface area contributed by atoms with E-state index in [1.54, 1.807) is 7.11 Å². The van der Waals surface area contributed by atoms with Crippen molar-refractivity contribution in [1.29, 1.82) is 0 Å². The minimum atomic E-state index is 0.522. The van der Waals surface area contributed by atoms with Crippen molar-refractivity contribution in [3.63, 3.8) is 0 Å². The molecule has 1 atom stereocenters. The molecule has 1 aromatic carbocycles. The second-order valence-corrected chi connectivity index (χ2v) is 4.88. The van der Waals surface area contributed by atoms with Crippen molar-refractivity contribution in [2.24, 2.45) is 0 Å². The van der Waals surface area contributed by atoms with Gasteiger partial charge in [-0.15, -0.1) is 0 Å². The molecule has 0 saturated heterocycles. The molecular formula is C15H23NO. The van der Waals surface area contributed by atoms with Crippen molar-refractivity contribution >= 4 is 0 Å². The SMILES string of the molecule is CCCNC1CCCc2c(OC)ccc(C)c21. The summed E-state index contributed by atoms with van der Waals surface area (Å²) in [5.41, 5.74) is 4.31. The molecule has 1 N–H and O–H groups in total. The van der Waals surface area contributed by atoms with Crippen molar-refractivity contribution in [1.82, 2.24) is 5.32 Å². The van der Waals surface area contributed by atoms with Gasteiger partial charge < -0.3 is 10.1 Å². The monoisotopic (exact) mass is 233 g/mol. The number of benzene rings is 1. The van der Waals surface area contributed by atoms with E-state index in [1.807, 2.05) is 0 Å². The summed E-state index contributed by atoms with van der Waals surface area (Å²) in [7, 11) is 1.77. The highest BCUT2D eigenvalue weighted by Crippen LogP contribution is 2.37. The fourth-order valence-corrected chi connectivity index (χ4v) is 2.85. The van der Waals surface area contributed by atoms with E-state index >= 15 is 0 Å². The summed E-state index contributed by atoms with van der Waals surface area (Å²) in [4.78, 5) is 0. The Morgan fingerprint density at radius 2 is 2.24 bits per heavy atom. The van der Waals surface area contributed by atoms with Gasteiger partial charge in [0.25, 0.3) is 0 Å². The number of ether oxygens (including phenoxy) is 1. The van der Waals surface area contributed by atoms with Crippen LogP contribution in [0.3, 0.4) is 0 Å². The summed E-state index contributed by atoms with van der Waals surface area (Å²) in [6.45, 7) is 5.53. The van der Waals surface area contributed by atoms with Crippen LogP contribution in [-0.4, -0.2) is 13.7 Å². The van der Waals surface area contributed by atoms with Crippen LogP contribution in [0.25, 0.3) is 0 Å². The first kappa shape index (κ1) is 12.4. The summed E-state index contributed by atoms with van der Waals surface area (Å²) in [5, 5.41) is 3.66. The Hall–Kier alpha value is -1.02. The summed E-state index contributed by atoms with van der Waals surface area (Å²) >= 11 is 0. The molecular weight excluding hydrogens is 210 g/mol. The van der Waals surface area contributed by atoms with Crippen molar-refractivity contribution in [2.75, 3.05) is 13.7 Å². The van der Waals surface area contributed by atoms with Gasteiger partial charge in [-0.1, -0.05) is 13.0 Å². The Bertz CT molecular complexity index is 387. The number of fused-ring (bicyclic) bond motifs is 1. The van der Waals surface area contributed by atoms with Crippen molar-refractivity contribution in [3.8, 4) is 5.75 Å². The van der Waals surface area contributed by atoms with Crippen LogP contribution in [0, 0.1) is 6.92 Å². The van der Waals surface area contributed by atoms with E-state index in [2.05, 4.69) is 31.3 Å². The molecule has 0 amide bonds. The van der Waals surface area contributed by atoms with Gasteiger partial charge in [-0.25, -0.2) is 0 Å². The molecule has 0 bridgehead atoms. The molecule has 94 valence electrons. The maximum absolute atomic E-state index is 5.49. The zero-order chi connectivity index (χ0) is 12.3. The summed E-state index contributed by atoms with van der Waals surface area (Å²) < 4.78 is 5.49. The first-order valence-electron chi connectivity index (χ1n) is 6.67. The highest BCUT2D eigenvalue weighted by molar-refractivity contribution is 5.47. The highest BCUT2D eigenvalue weighted by atomic mass is 16.5. The van der Waals surface area contributed by atoms with Crippen LogP contribution in [0.5, 0.6) is 5.75 Å². The third-order valence-electron chi connectivity index (χ3n) is 3.66. The molecule has 2 rings (SSSR count). The average molecular weight is 233 g/mol. The predicted molar refractivity (Wildman–Crippen MR) is 71.7 cm³/mol. The van der Waals surface area contributed by atoms with Gasteiger partial charge in [0.1, 0.15) is 5.75 Å². The molecule has 1 aromatic rings. The average Bonchev–Trinajstić information content (AvgIpc) is 2.36. The van der Waals surface area contributed by atoms with E-state index in [0.717, 1.165) is 18.7 Å². The molecule has 0 aliphatic heterocycles. The molecule has 0 saturated carbocycles. The molecule has 17 heavy (non-hydrogen) atoms. The normalized spacial score (nSPS) is 18.9. The molecule has 0 spiro atoms. The maximum atomic E-state index is 5.49. The zero-order valence-corrected chi connectivity index (χ0v) is 11.2. The molecule has 1 aliphatic carbocycles. The summed E-state index contributed by atoms with van der Waals surface area (Å²) in [6, 6.07) is 4.81. The van der Waals surface area contributed by atoms with E-state index in [0.29, 0.717) is 6.04 Å². The number of hydrogen-bond acceptors (Lipinski definition) is 2. The third-order valence-corrected chi connectivity index (χ3v) is 3.66. The van der Waals surface area contributed by atoms with Crippen LogP contribution >= 0.6 is 0 Å². The maximum Gasteiger partial charge on any atom is 0.122 e. The molecule has 0 heterocycles. The van der Waals surface area contributed by atoms with Crippen molar-refractivity contribution in [3.05, 3.63) is 28.8 Å². The van der Waals surface area contributed by atoms with E-state index in [9.17, 15) is 0 Å². The smallest absolute Gasteiger partial charge is 0.122 e. The minimum absolute atomic E-state index is 0.522. The van der Waals surface area contributed by atoms with E-state index < -0.39 is 0 Å². The van der Waals surface area contributed by atoms with Gasteiger partial charge in [0.05, 0.1) is 7.11 Å². The van der Waals surface area contributed by atoms with Crippen LogP contribution < -0.4 is 10.1 Å². The lowest BCUT2D eigenvalue weighted by Crippen LogP contribution is -2.27. The highest BCUT2D eigenvalue weighted by Gasteiger charge is 2.23.